The summed E-state index contributed by atoms with van der Waals surface area (Å²) in [6.45, 7) is 14.4. The largest absolute Gasteiger partial charge is 0.478 e. The quantitative estimate of drug-likeness (QED) is 0.540. The van der Waals surface area contributed by atoms with Gasteiger partial charge in [-0.15, -0.1) is 0 Å². The highest BCUT2D eigenvalue weighted by atomic mass is 16.4. The van der Waals surface area contributed by atoms with Crippen molar-refractivity contribution in [3.05, 3.63) is 29.8 Å². The number of aromatic carboxylic acids is 1. The molecule has 1 aromatic carbocycles. The van der Waals surface area contributed by atoms with Crippen LogP contribution in [-0.2, 0) is 0 Å². The van der Waals surface area contributed by atoms with Crippen LogP contribution >= 0.6 is 0 Å². The lowest BCUT2D eigenvalue weighted by atomic mass is 9.69. The van der Waals surface area contributed by atoms with E-state index in [0.717, 1.165) is 11.8 Å². The molecular formula is C27H43NO2. The van der Waals surface area contributed by atoms with Crippen molar-refractivity contribution in [3.63, 3.8) is 0 Å². The average molecular weight is 414 g/mol. The van der Waals surface area contributed by atoms with E-state index in [4.69, 9.17) is 0 Å². The van der Waals surface area contributed by atoms with E-state index in [2.05, 4.69) is 58.6 Å². The molecule has 0 aliphatic heterocycles. The van der Waals surface area contributed by atoms with Crippen molar-refractivity contribution in [2.45, 2.75) is 92.2 Å². The van der Waals surface area contributed by atoms with Gasteiger partial charge in [-0.2, -0.15) is 0 Å². The van der Waals surface area contributed by atoms with Crippen LogP contribution in [0.3, 0.4) is 0 Å². The molecule has 0 spiro atoms. The summed E-state index contributed by atoms with van der Waals surface area (Å²) in [6, 6.07) is 8.85. The van der Waals surface area contributed by atoms with Gasteiger partial charge in [0.1, 0.15) is 0 Å². The van der Waals surface area contributed by atoms with Crippen molar-refractivity contribution in [2.75, 3.05) is 4.90 Å². The van der Waals surface area contributed by atoms with Gasteiger partial charge in [0.15, 0.2) is 0 Å². The Hall–Kier alpha value is -1.51. The van der Waals surface area contributed by atoms with Gasteiger partial charge in [0.2, 0.25) is 0 Å². The summed E-state index contributed by atoms with van der Waals surface area (Å²) in [6.07, 6.45) is 7.78. The van der Waals surface area contributed by atoms with E-state index in [0.29, 0.717) is 41.3 Å². The molecule has 2 fully saturated rings. The van der Waals surface area contributed by atoms with Crippen LogP contribution in [0.25, 0.3) is 0 Å². The minimum absolute atomic E-state index is 0.383. The first-order chi connectivity index (χ1) is 14.2. The summed E-state index contributed by atoms with van der Waals surface area (Å²) in [7, 11) is 0. The number of nitrogens with zero attached hydrogens (tertiary/aromatic N) is 1. The summed E-state index contributed by atoms with van der Waals surface area (Å²) >= 11 is 0. The van der Waals surface area contributed by atoms with Crippen molar-refractivity contribution < 1.29 is 9.90 Å². The second kappa shape index (κ2) is 9.75. The molecule has 2 aliphatic carbocycles. The normalized spacial score (nSPS) is 32.4. The Kier molecular flexibility index (Phi) is 7.52. The van der Waals surface area contributed by atoms with Crippen molar-refractivity contribution in [1.82, 2.24) is 0 Å². The molecule has 0 aromatic heterocycles. The van der Waals surface area contributed by atoms with Gasteiger partial charge in [0.05, 0.1) is 5.56 Å². The molecule has 6 unspecified atom stereocenters. The number of anilines is 1. The molecule has 2 saturated carbocycles. The molecule has 2 aliphatic rings. The number of hydrogen-bond acceptors (Lipinski definition) is 2. The van der Waals surface area contributed by atoms with Gasteiger partial charge in [-0.05, 0) is 85.5 Å². The standard InChI is InChI=1S/C27H43NO2/c1-17(2)23-13-7-19(5)15-25(23)28(22-11-9-21(10-12-22)27(29)30)26-16-20(6)8-14-24(26)18(3)4/h9-12,17-20,23-26H,7-8,13-16H2,1-6H3,(H,29,30). The number of carboxylic acids is 1. The van der Waals surface area contributed by atoms with Gasteiger partial charge in [-0.1, -0.05) is 54.4 Å². The molecule has 0 amide bonds. The van der Waals surface area contributed by atoms with Crippen LogP contribution in [0.2, 0.25) is 0 Å². The summed E-state index contributed by atoms with van der Waals surface area (Å²) in [5, 5.41) is 9.40. The molecule has 1 aromatic rings. The van der Waals surface area contributed by atoms with Gasteiger partial charge >= 0.3 is 5.97 Å². The highest BCUT2D eigenvalue weighted by Crippen LogP contribution is 2.44. The summed E-state index contributed by atoms with van der Waals surface area (Å²) < 4.78 is 0. The minimum atomic E-state index is -0.842. The van der Waals surface area contributed by atoms with Gasteiger partial charge < -0.3 is 10.0 Å². The number of hydrogen-bond donors (Lipinski definition) is 1. The minimum Gasteiger partial charge on any atom is -0.478 e. The topological polar surface area (TPSA) is 40.5 Å². The zero-order valence-corrected chi connectivity index (χ0v) is 20.0. The van der Waals surface area contributed by atoms with Crippen LogP contribution in [0.5, 0.6) is 0 Å². The van der Waals surface area contributed by atoms with Crippen LogP contribution in [-0.4, -0.2) is 23.2 Å². The molecule has 168 valence electrons. The molecule has 0 saturated heterocycles. The lowest BCUT2D eigenvalue weighted by Crippen LogP contribution is -2.55. The summed E-state index contributed by atoms with van der Waals surface area (Å²) in [5.41, 5.74) is 1.61. The number of carboxylic acid groups (broad SMARTS) is 1. The first kappa shape index (κ1) is 23.2. The predicted octanol–water partition coefficient (Wildman–Crippen LogP) is 7.11. The van der Waals surface area contributed by atoms with E-state index in [9.17, 15) is 9.90 Å². The third-order valence-electron chi connectivity index (χ3n) is 8.10. The highest BCUT2D eigenvalue weighted by Gasteiger charge is 2.42. The first-order valence-electron chi connectivity index (χ1n) is 12.3. The lowest BCUT2D eigenvalue weighted by molar-refractivity contribution is 0.0697. The second-order valence-corrected chi connectivity index (χ2v) is 11.0. The van der Waals surface area contributed by atoms with Gasteiger partial charge in [-0.3, -0.25) is 0 Å². The lowest BCUT2D eigenvalue weighted by Gasteiger charge is -2.53. The van der Waals surface area contributed by atoms with Crippen molar-refractivity contribution in [2.24, 2.45) is 35.5 Å². The van der Waals surface area contributed by atoms with E-state index in [1.807, 2.05) is 0 Å². The van der Waals surface area contributed by atoms with E-state index in [1.165, 1.54) is 44.2 Å². The monoisotopic (exact) mass is 413 g/mol. The molecule has 3 heteroatoms. The highest BCUT2D eigenvalue weighted by molar-refractivity contribution is 5.88. The van der Waals surface area contributed by atoms with Crippen molar-refractivity contribution in [1.29, 1.82) is 0 Å². The SMILES string of the molecule is CC1CCC(C(C)C)C(N(c2ccc(C(=O)O)cc2)C2CC(C)CCC2C(C)C)C1. The van der Waals surface area contributed by atoms with Crippen LogP contribution in [0.4, 0.5) is 5.69 Å². The van der Waals surface area contributed by atoms with E-state index in [-0.39, 0.29) is 0 Å². The fourth-order valence-electron chi connectivity index (χ4n) is 6.35. The molecule has 0 heterocycles. The predicted molar refractivity (Wildman–Crippen MR) is 126 cm³/mol. The molecule has 3 rings (SSSR count). The zero-order chi connectivity index (χ0) is 22.0. The fraction of sp³-hybridized carbons (Fsp3) is 0.741. The van der Waals surface area contributed by atoms with E-state index < -0.39 is 5.97 Å². The van der Waals surface area contributed by atoms with E-state index >= 15 is 0 Å². The first-order valence-corrected chi connectivity index (χ1v) is 12.3. The maximum absolute atomic E-state index is 11.4. The number of carbonyl (C=O) groups is 1. The Labute approximate surface area is 184 Å². The number of rotatable bonds is 6. The van der Waals surface area contributed by atoms with Crippen molar-refractivity contribution >= 4 is 11.7 Å². The maximum atomic E-state index is 11.4. The van der Waals surface area contributed by atoms with Gasteiger partial charge in [0, 0.05) is 17.8 Å². The van der Waals surface area contributed by atoms with Crippen LogP contribution in [0, 0.1) is 35.5 Å². The molecule has 0 radical (unpaired) electrons. The smallest absolute Gasteiger partial charge is 0.335 e. The van der Waals surface area contributed by atoms with Crippen LogP contribution in [0.1, 0.15) is 90.4 Å². The Morgan fingerprint density at radius 2 is 1.27 bits per heavy atom. The molecular weight excluding hydrogens is 370 g/mol. The fourth-order valence-corrected chi connectivity index (χ4v) is 6.35. The third-order valence-corrected chi connectivity index (χ3v) is 8.10. The van der Waals surface area contributed by atoms with Crippen LogP contribution in [0.15, 0.2) is 24.3 Å². The maximum Gasteiger partial charge on any atom is 0.335 e. The Morgan fingerprint density at radius 1 is 0.833 bits per heavy atom. The van der Waals surface area contributed by atoms with Gasteiger partial charge in [0.25, 0.3) is 0 Å². The van der Waals surface area contributed by atoms with Gasteiger partial charge in [-0.25, -0.2) is 4.79 Å². The number of benzene rings is 1. The molecule has 0 bridgehead atoms. The molecule has 3 nitrogen and oxygen atoms in total. The van der Waals surface area contributed by atoms with Crippen LogP contribution < -0.4 is 4.90 Å². The summed E-state index contributed by atoms with van der Waals surface area (Å²) in [5.74, 6) is 3.40. The van der Waals surface area contributed by atoms with E-state index in [1.54, 1.807) is 12.1 Å². The Morgan fingerprint density at radius 3 is 1.63 bits per heavy atom. The average Bonchev–Trinajstić information content (AvgIpc) is 2.68. The van der Waals surface area contributed by atoms with Crippen molar-refractivity contribution in [3.8, 4) is 0 Å². The Bertz CT molecular complexity index is 663. The third kappa shape index (κ3) is 5.03. The Balaban J connectivity index is 2.06. The molecule has 1 N–H and O–H groups in total. The molecule has 30 heavy (non-hydrogen) atoms. The summed E-state index contributed by atoms with van der Waals surface area (Å²) in [4.78, 5) is 14.2. The zero-order valence-electron chi connectivity index (χ0n) is 20.0. The molecule has 6 atom stereocenters. The second-order valence-electron chi connectivity index (χ2n) is 11.0.